The highest BCUT2D eigenvalue weighted by atomic mass is 79.9. The van der Waals surface area contributed by atoms with Gasteiger partial charge in [0.1, 0.15) is 5.82 Å². The van der Waals surface area contributed by atoms with Crippen molar-refractivity contribution in [2.45, 2.75) is 45.6 Å². The summed E-state index contributed by atoms with van der Waals surface area (Å²) < 4.78 is 3.24. The van der Waals surface area contributed by atoms with E-state index in [0.29, 0.717) is 0 Å². The normalized spacial score (nSPS) is 12.6. The van der Waals surface area contributed by atoms with E-state index in [-0.39, 0.29) is 6.04 Å². The van der Waals surface area contributed by atoms with Crippen LogP contribution in [0, 0.1) is 0 Å². The van der Waals surface area contributed by atoms with E-state index in [1.165, 1.54) is 5.56 Å². The Balaban J connectivity index is 2.27. The largest absolute Gasteiger partial charge is 0.327 e. The molecule has 1 heterocycles. The number of benzene rings is 1. The average molecular weight is 336 g/mol. The van der Waals surface area contributed by atoms with Gasteiger partial charge in [-0.1, -0.05) is 19.9 Å². The molecule has 2 rings (SSSR count). The highest BCUT2D eigenvalue weighted by molar-refractivity contribution is 9.10. The molecular formula is C16H22BrN3. The van der Waals surface area contributed by atoms with E-state index in [0.717, 1.165) is 41.7 Å². The third kappa shape index (κ3) is 3.49. The zero-order valence-electron chi connectivity index (χ0n) is 12.1. The Hall–Kier alpha value is -1.13. The molecule has 0 spiro atoms. The molecule has 1 unspecified atom stereocenters. The van der Waals surface area contributed by atoms with Crippen LogP contribution in [0.2, 0.25) is 0 Å². The number of nitrogens with zero attached hydrogens (tertiary/aromatic N) is 2. The molecule has 1 aromatic carbocycles. The molecule has 1 atom stereocenters. The second-order valence-corrected chi connectivity index (χ2v) is 5.98. The fourth-order valence-electron chi connectivity index (χ4n) is 2.28. The van der Waals surface area contributed by atoms with Crippen molar-refractivity contribution in [2.24, 2.45) is 5.73 Å². The number of aryl methyl sites for hydroxylation is 1. The Morgan fingerprint density at radius 2 is 2.15 bits per heavy atom. The molecule has 3 nitrogen and oxygen atoms in total. The first-order valence-electron chi connectivity index (χ1n) is 7.22. The minimum absolute atomic E-state index is 0.233. The quantitative estimate of drug-likeness (QED) is 0.870. The van der Waals surface area contributed by atoms with Crippen molar-refractivity contribution in [3.05, 3.63) is 46.5 Å². The zero-order valence-corrected chi connectivity index (χ0v) is 13.7. The molecule has 0 aliphatic heterocycles. The van der Waals surface area contributed by atoms with Gasteiger partial charge in [0.15, 0.2) is 0 Å². The molecule has 0 fully saturated rings. The van der Waals surface area contributed by atoms with Gasteiger partial charge in [0, 0.05) is 29.3 Å². The second-order valence-electron chi connectivity index (χ2n) is 5.12. The lowest BCUT2D eigenvalue weighted by Gasteiger charge is -2.13. The molecular weight excluding hydrogens is 314 g/mol. The van der Waals surface area contributed by atoms with Crippen molar-refractivity contribution < 1.29 is 0 Å². The van der Waals surface area contributed by atoms with Crippen LogP contribution in [0.15, 0.2) is 35.1 Å². The summed E-state index contributed by atoms with van der Waals surface area (Å²) in [5, 5.41) is 0. The van der Waals surface area contributed by atoms with Crippen molar-refractivity contribution in [3.8, 4) is 5.69 Å². The fraction of sp³-hybridized carbons (Fsp3) is 0.438. The maximum atomic E-state index is 6.02. The Kier molecular flexibility index (Phi) is 5.38. The van der Waals surface area contributed by atoms with Crippen LogP contribution < -0.4 is 5.73 Å². The van der Waals surface area contributed by atoms with E-state index in [1.54, 1.807) is 0 Å². The minimum Gasteiger partial charge on any atom is -0.327 e. The predicted molar refractivity (Wildman–Crippen MR) is 87.2 cm³/mol. The second kappa shape index (κ2) is 7.04. The van der Waals surface area contributed by atoms with Crippen molar-refractivity contribution in [2.75, 3.05) is 0 Å². The predicted octanol–water partition coefficient (Wildman–Crippen LogP) is 3.87. The van der Waals surface area contributed by atoms with E-state index in [2.05, 4.69) is 57.5 Å². The topological polar surface area (TPSA) is 43.8 Å². The molecule has 0 saturated heterocycles. The lowest BCUT2D eigenvalue weighted by atomic mass is 10.0. The molecule has 20 heavy (non-hydrogen) atoms. The third-order valence-electron chi connectivity index (χ3n) is 3.48. The molecule has 0 bridgehead atoms. The third-order valence-corrected chi connectivity index (χ3v) is 4.12. The van der Waals surface area contributed by atoms with Gasteiger partial charge in [-0.2, -0.15) is 0 Å². The number of nitrogens with two attached hydrogens (primary N) is 1. The number of aromatic nitrogens is 2. The van der Waals surface area contributed by atoms with Crippen LogP contribution in [0.4, 0.5) is 0 Å². The number of rotatable bonds is 6. The molecule has 0 saturated carbocycles. The van der Waals surface area contributed by atoms with Crippen LogP contribution in [0.25, 0.3) is 5.69 Å². The SMILES string of the molecule is CCCc1nccn1-c1ccc(CC(N)CC)cc1Br. The number of hydrogen-bond acceptors (Lipinski definition) is 2. The summed E-state index contributed by atoms with van der Waals surface area (Å²) in [7, 11) is 0. The Morgan fingerprint density at radius 1 is 1.35 bits per heavy atom. The van der Waals surface area contributed by atoms with Crippen molar-refractivity contribution in [1.82, 2.24) is 9.55 Å². The van der Waals surface area contributed by atoms with Crippen LogP contribution in [-0.4, -0.2) is 15.6 Å². The maximum absolute atomic E-state index is 6.02. The van der Waals surface area contributed by atoms with Crippen molar-refractivity contribution >= 4 is 15.9 Å². The smallest absolute Gasteiger partial charge is 0.113 e. The van der Waals surface area contributed by atoms with Crippen LogP contribution >= 0.6 is 15.9 Å². The molecule has 2 N–H and O–H groups in total. The van der Waals surface area contributed by atoms with Crippen molar-refractivity contribution in [3.63, 3.8) is 0 Å². The summed E-state index contributed by atoms with van der Waals surface area (Å²) >= 11 is 3.68. The Morgan fingerprint density at radius 3 is 2.80 bits per heavy atom. The van der Waals surface area contributed by atoms with Gasteiger partial charge in [-0.15, -0.1) is 0 Å². The lowest BCUT2D eigenvalue weighted by Crippen LogP contribution is -2.21. The minimum atomic E-state index is 0.233. The number of halogens is 1. The highest BCUT2D eigenvalue weighted by Gasteiger charge is 2.09. The maximum Gasteiger partial charge on any atom is 0.113 e. The van der Waals surface area contributed by atoms with Gasteiger partial charge in [0.25, 0.3) is 0 Å². The molecule has 2 aromatic rings. The summed E-state index contributed by atoms with van der Waals surface area (Å²) in [5.74, 6) is 1.10. The molecule has 4 heteroatoms. The van der Waals surface area contributed by atoms with Gasteiger partial charge < -0.3 is 10.3 Å². The van der Waals surface area contributed by atoms with Gasteiger partial charge in [-0.3, -0.25) is 0 Å². The first-order chi connectivity index (χ1) is 9.65. The van der Waals surface area contributed by atoms with Crippen LogP contribution in [0.1, 0.15) is 38.1 Å². The summed E-state index contributed by atoms with van der Waals surface area (Å²) in [5.41, 5.74) is 8.43. The van der Waals surface area contributed by atoms with Gasteiger partial charge in [-0.05, 0) is 52.9 Å². The van der Waals surface area contributed by atoms with Gasteiger partial charge in [0.2, 0.25) is 0 Å². The molecule has 1 aromatic heterocycles. The van der Waals surface area contributed by atoms with Gasteiger partial charge in [-0.25, -0.2) is 4.98 Å². The monoisotopic (exact) mass is 335 g/mol. The fourth-order valence-corrected chi connectivity index (χ4v) is 2.90. The summed E-state index contributed by atoms with van der Waals surface area (Å²) in [6.45, 7) is 4.29. The van der Waals surface area contributed by atoms with E-state index < -0.39 is 0 Å². The summed E-state index contributed by atoms with van der Waals surface area (Å²) in [6, 6.07) is 6.70. The first kappa shape index (κ1) is 15.3. The standard InChI is InChI=1S/C16H22BrN3/c1-3-5-16-19-8-9-20(16)15-7-6-12(11-14(15)17)10-13(18)4-2/h6-9,11,13H,3-5,10,18H2,1-2H3. The number of imidazole rings is 1. The molecule has 108 valence electrons. The molecule has 0 radical (unpaired) electrons. The average Bonchev–Trinajstić information content (AvgIpc) is 2.87. The molecule has 0 aliphatic carbocycles. The van der Waals surface area contributed by atoms with Crippen LogP contribution in [-0.2, 0) is 12.8 Å². The Bertz CT molecular complexity index is 563. The van der Waals surface area contributed by atoms with E-state index in [1.807, 2.05) is 12.4 Å². The lowest BCUT2D eigenvalue weighted by molar-refractivity contribution is 0.646. The zero-order chi connectivity index (χ0) is 14.5. The molecule has 0 amide bonds. The van der Waals surface area contributed by atoms with Crippen LogP contribution in [0.5, 0.6) is 0 Å². The summed E-state index contributed by atoms with van der Waals surface area (Å²) in [4.78, 5) is 4.43. The van der Waals surface area contributed by atoms with E-state index >= 15 is 0 Å². The van der Waals surface area contributed by atoms with Gasteiger partial charge in [0.05, 0.1) is 5.69 Å². The Labute approximate surface area is 129 Å². The van der Waals surface area contributed by atoms with Crippen molar-refractivity contribution in [1.29, 1.82) is 0 Å². The number of hydrogen-bond donors (Lipinski definition) is 1. The first-order valence-corrected chi connectivity index (χ1v) is 8.01. The highest BCUT2D eigenvalue weighted by Crippen LogP contribution is 2.24. The van der Waals surface area contributed by atoms with E-state index in [9.17, 15) is 0 Å². The van der Waals surface area contributed by atoms with E-state index in [4.69, 9.17) is 5.73 Å². The molecule has 0 aliphatic rings. The van der Waals surface area contributed by atoms with Gasteiger partial charge >= 0.3 is 0 Å². The summed E-state index contributed by atoms with van der Waals surface area (Å²) in [6.07, 6.45) is 7.88. The van der Waals surface area contributed by atoms with Crippen LogP contribution in [0.3, 0.4) is 0 Å².